The molecule has 1 fully saturated rings. The number of hydrogen-bond donors (Lipinski definition) is 1. The number of ether oxygens (including phenoxy) is 1. The summed E-state index contributed by atoms with van der Waals surface area (Å²) in [5.74, 6) is -2.32. The second kappa shape index (κ2) is 5.83. The number of fused-ring (bicyclic) bond motifs is 1. The molecule has 1 saturated heterocycles. The van der Waals surface area contributed by atoms with E-state index < -0.39 is 18.0 Å². The van der Waals surface area contributed by atoms with Crippen molar-refractivity contribution in [3.8, 4) is 0 Å². The Labute approximate surface area is 133 Å². The first kappa shape index (κ1) is 16.5. The second-order valence-corrected chi connectivity index (χ2v) is 4.69. The van der Waals surface area contributed by atoms with Gasteiger partial charge in [0.2, 0.25) is 5.91 Å². The zero-order valence-corrected chi connectivity index (χ0v) is 13.5. The minimum Gasteiger partial charge on any atom is -0.543 e. The van der Waals surface area contributed by atoms with E-state index in [1.165, 1.54) is 11.8 Å². The van der Waals surface area contributed by atoms with E-state index in [0.29, 0.717) is 6.61 Å². The Bertz CT molecular complexity index is 434. The van der Waals surface area contributed by atoms with Crippen molar-refractivity contribution in [3.05, 3.63) is 11.5 Å². The van der Waals surface area contributed by atoms with Crippen molar-refractivity contribution < 1.29 is 54.1 Å². The van der Waals surface area contributed by atoms with Gasteiger partial charge in [0.1, 0.15) is 11.5 Å². The van der Waals surface area contributed by atoms with Crippen LogP contribution in [0.2, 0.25) is 0 Å². The number of β-lactam (4-membered cyclic amide) rings is 1. The summed E-state index contributed by atoms with van der Waals surface area (Å²) in [6.07, 6.45) is -0.801. The second-order valence-electron chi connectivity index (χ2n) is 4.69. The molecule has 2 aliphatic rings. The maximum Gasteiger partial charge on any atom is 1.00 e. The van der Waals surface area contributed by atoms with Crippen LogP contribution in [0.15, 0.2) is 11.5 Å². The van der Waals surface area contributed by atoms with Gasteiger partial charge in [-0.15, -0.1) is 0 Å². The summed E-state index contributed by atoms with van der Waals surface area (Å²) in [4.78, 5) is 24.2. The van der Waals surface area contributed by atoms with Crippen molar-refractivity contribution in [1.29, 1.82) is 0 Å². The maximum absolute atomic E-state index is 11.9. The van der Waals surface area contributed by atoms with Crippen molar-refractivity contribution in [2.24, 2.45) is 11.8 Å². The number of carbonyl (C=O) groups excluding carboxylic acids is 2. The van der Waals surface area contributed by atoms with E-state index in [2.05, 4.69) is 0 Å². The first-order chi connectivity index (χ1) is 8.41. The molecular formula is C12H16NNaO5. The van der Waals surface area contributed by atoms with Crippen molar-refractivity contribution in [1.82, 2.24) is 4.90 Å². The van der Waals surface area contributed by atoms with Crippen LogP contribution >= 0.6 is 0 Å². The van der Waals surface area contributed by atoms with Gasteiger partial charge in [-0.05, 0) is 13.8 Å². The molecular weight excluding hydrogens is 261 g/mol. The van der Waals surface area contributed by atoms with Gasteiger partial charge in [-0.3, -0.25) is 4.79 Å². The molecule has 1 N–H and O–H groups in total. The smallest absolute Gasteiger partial charge is 0.543 e. The number of aliphatic hydroxyl groups excluding tert-OH is 1. The molecule has 1 amide bonds. The molecule has 1 unspecified atom stereocenters. The predicted octanol–water partition coefficient (Wildman–Crippen LogP) is -4.15. The number of nitrogens with zero attached hydrogens (tertiary/aromatic N) is 1. The molecule has 7 heteroatoms. The third-order valence-corrected chi connectivity index (χ3v) is 3.60. The van der Waals surface area contributed by atoms with Gasteiger partial charge in [-0.2, -0.15) is 0 Å². The molecule has 4 atom stereocenters. The summed E-state index contributed by atoms with van der Waals surface area (Å²) in [5.41, 5.74) is -0.184. The van der Waals surface area contributed by atoms with Crippen molar-refractivity contribution in [2.75, 3.05) is 6.61 Å². The summed E-state index contributed by atoms with van der Waals surface area (Å²) in [5, 5.41) is 20.7. The van der Waals surface area contributed by atoms with E-state index >= 15 is 0 Å². The molecule has 0 aromatic rings. The van der Waals surface area contributed by atoms with E-state index in [0.717, 1.165) is 0 Å². The number of hydrogen-bond acceptors (Lipinski definition) is 5. The number of aliphatic hydroxyl groups is 1. The summed E-state index contributed by atoms with van der Waals surface area (Å²) >= 11 is 0. The molecule has 6 nitrogen and oxygen atoms in total. The first-order valence-electron chi connectivity index (χ1n) is 6.01. The number of amides is 1. The summed E-state index contributed by atoms with van der Waals surface area (Å²) in [6.45, 7) is 5.39. The Morgan fingerprint density at radius 1 is 1.58 bits per heavy atom. The third-order valence-electron chi connectivity index (χ3n) is 3.60. The molecule has 0 radical (unpaired) electrons. The zero-order valence-electron chi connectivity index (χ0n) is 11.5. The number of carboxylic acid groups (broad SMARTS) is 1. The Kier molecular flexibility index (Phi) is 5.06. The molecule has 0 aromatic carbocycles. The number of rotatable bonds is 4. The molecule has 0 aromatic heterocycles. The van der Waals surface area contributed by atoms with Gasteiger partial charge in [0, 0.05) is 5.92 Å². The Balaban J connectivity index is 0.00000180. The minimum absolute atomic E-state index is 0. The fourth-order valence-electron chi connectivity index (χ4n) is 2.86. The van der Waals surface area contributed by atoms with Gasteiger partial charge >= 0.3 is 29.6 Å². The van der Waals surface area contributed by atoms with Crippen molar-refractivity contribution >= 4 is 11.9 Å². The summed E-state index contributed by atoms with van der Waals surface area (Å²) in [7, 11) is 0. The van der Waals surface area contributed by atoms with Crippen LogP contribution in [-0.2, 0) is 14.3 Å². The molecule has 0 bridgehead atoms. The van der Waals surface area contributed by atoms with Crippen LogP contribution in [0.3, 0.4) is 0 Å². The Hall–Kier alpha value is -0.560. The standard InChI is InChI=1S/C12H17NO5.Na/c1-4-18-10-5(2)8-7(6(3)14)11(15)13(8)9(10)12(16)17;/h5-8,14H,4H2,1-3H3,(H,16,17);/q;+1/p-1/t5?,6-,7-,8+;/m1./s1. The molecule has 100 valence electrons. The number of aliphatic carboxylic acids is 1. The van der Waals surface area contributed by atoms with Gasteiger partial charge in [0.25, 0.3) is 0 Å². The minimum atomic E-state index is -1.41. The van der Waals surface area contributed by atoms with E-state index in [-0.39, 0.29) is 58.9 Å². The van der Waals surface area contributed by atoms with Gasteiger partial charge < -0.3 is 24.6 Å². The molecule has 0 aliphatic carbocycles. The molecule has 2 heterocycles. The van der Waals surface area contributed by atoms with Crippen LogP contribution in [0.25, 0.3) is 0 Å². The Morgan fingerprint density at radius 3 is 2.58 bits per heavy atom. The van der Waals surface area contributed by atoms with Crippen LogP contribution in [-0.4, -0.2) is 40.6 Å². The normalized spacial score (nSPS) is 30.4. The molecule has 0 spiro atoms. The number of carboxylic acids is 1. The van der Waals surface area contributed by atoms with Crippen LogP contribution < -0.4 is 34.7 Å². The zero-order chi connectivity index (χ0) is 13.6. The van der Waals surface area contributed by atoms with Crippen LogP contribution in [0.5, 0.6) is 0 Å². The third kappa shape index (κ3) is 2.31. The SMILES string of the molecule is CCOC1=C(C(=O)[O-])N2C(=O)[C@H]([C@@H](C)O)[C@@H]2C1C.[Na+]. The molecule has 2 aliphatic heterocycles. The fourth-order valence-corrected chi connectivity index (χ4v) is 2.86. The van der Waals surface area contributed by atoms with Gasteiger partial charge in [-0.25, -0.2) is 0 Å². The fraction of sp³-hybridized carbons (Fsp3) is 0.667. The van der Waals surface area contributed by atoms with Crippen LogP contribution in [0.1, 0.15) is 20.8 Å². The van der Waals surface area contributed by atoms with E-state index in [1.807, 2.05) is 0 Å². The monoisotopic (exact) mass is 277 g/mol. The van der Waals surface area contributed by atoms with Gasteiger partial charge in [0.15, 0.2) is 0 Å². The molecule has 0 saturated carbocycles. The average Bonchev–Trinajstić information content (AvgIpc) is 2.50. The van der Waals surface area contributed by atoms with Gasteiger partial charge in [-0.1, -0.05) is 6.92 Å². The van der Waals surface area contributed by atoms with E-state index in [9.17, 15) is 19.8 Å². The average molecular weight is 277 g/mol. The summed E-state index contributed by atoms with van der Waals surface area (Å²) < 4.78 is 5.33. The topological polar surface area (TPSA) is 89.9 Å². The quantitative estimate of drug-likeness (QED) is 0.416. The summed E-state index contributed by atoms with van der Waals surface area (Å²) in [6, 6.07) is -0.341. The predicted molar refractivity (Wildman–Crippen MR) is 58.6 cm³/mol. The molecule has 19 heavy (non-hydrogen) atoms. The van der Waals surface area contributed by atoms with E-state index in [1.54, 1.807) is 13.8 Å². The molecule has 2 rings (SSSR count). The van der Waals surface area contributed by atoms with Crippen LogP contribution in [0, 0.1) is 11.8 Å². The number of carbonyl (C=O) groups is 2. The van der Waals surface area contributed by atoms with E-state index in [4.69, 9.17) is 4.74 Å². The van der Waals surface area contributed by atoms with Crippen LogP contribution in [0.4, 0.5) is 0 Å². The van der Waals surface area contributed by atoms with Crippen molar-refractivity contribution in [3.63, 3.8) is 0 Å². The maximum atomic E-state index is 11.9. The van der Waals surface area contributed by atoms with Crippen molar-refractivity contribution in [2.45, 2.75) is 32.9 Å². The largest absolute Gasteiger partial charge is 1.00 e. The van der Waals surface area contributed by atoms with Gasteiger partial charge in [0.05, 0.1) is 30.6 Å². The first-order valence-corrected chi connectivity index (χ1v) is 6.01. The Morgan fingerprint density at radius 2 is 2.16 bits per heavy atom.